The summed E-state index contributed by atoms with van der Waals surface area (Å²) in [4.78, 5) is 39.3. The van der Waals surface area contributed by atoms with Crippen LogP contribution >= 0.6 is 0 Å². The average molecular weight is 383 g/mol. The van der Waals surface area contributed by atoms with Crippen molar-refractivity contribution < 1.29 is 32.3 Å². The lowest BCUT2D eigenvalue weighted by Crippen LogP contribution is -2.35. The Morgan fingerprint density at radius 2 is 1.81 bits per heavy atom. The number of amides is 2. The van der Waals surface area contributed by atoms with Crippen LogP contribution in [0.4, 0.5) is 18.9 Å². The average Bonchev–Trinajstić information content (AvgIpc) is 3.04. The lowest BCUT2D eigenvalue weighted by Gasteiger charge is -2.16. The third-order valence-corrected chi connectivity index (χ3v) is 3.42. The van der Waals surface area contributed by atoms with Gasteiger partial charge in [-0.1, -0.05) is 0 Å². The molecule has 7 nitrogen and oxygen atoms in total. The minimum atomic E-state index is -4.80. The largest absolute Gasteiger partial charge is 0.573 e. The minimum Gasteiger partial charge on any atom is -0.406 e. The number of benzene rings is 1. The number of nitrogens with one attached hydrogen (secondary N) is 2. The highest BCUT2D eigenvalue weighted by Crippen LogP contribution is 2.23. The Labute approximate surface area is 152 Å². The molecule has 2 rings (SSSR count). The minimum absolute atomic E-state index is 0.157. The Morgan fingerprint density at radius 3 is 2.33 bits per heavy atom. The number of alkyl halides is 3. The van der Waals surface area contributed by atoms with Gasteiger partial charge in [0.25, 0.3) is 5.91 Å². The summed E-state index contributed by atoms with van der Waals surface area (Å²) in [6.45, 7) is 1.06. The van der Waals surface area contributed by atoms with Crippen LogP contribution in [0.15, 0.2) is 36.5 Å². The number of likely N-dealkylation sites (N-methyl/N-ethyl adjacent to an activating group) is 1. The normalized spacial score (nSPS) is 11.0. The molecule has 1 aromatic carbocycles. The first-order valence-corrected chi connectivity index (χ1v) is 7.65. The van der Waals surface area contributed by atoms with Crippen LogP contribution in [0.3, 0.4) is 0 Å². The van der Waals surface area contributed by atoms with Crippen LogP contribution in [0.1, 0.15) is 27.8 Å². The zero-order chi connectivity index (χ0) is 20.2. The van der Waals surface area contributed by atoms with Crippen molar-refractivity contribution in [3.8, 4) is 5.75 Å². The predicted molar refractivity (Wildman–Crippen MR) is 89.5 cm³/mol. The number of carbonyl (C=O) groups excluding carboxylic acids is 3. The molecule has 0 unspecified atom stereocenters. The first-order valence-electron chi connectivity index (χ1n) is 7.65. The van der Waals surface area contributed by atoms with Gasteiger partial charge in [0.15, 0.2) is 5.78 Å². The third-order valence-electron chi connectivity index (χ3n) is 3.42. The second-order valence-electron chi connectivity index (χ2n) is 5.64. The summed E-state index contributed by atoms with van der Waals surface area (Å²) in [5.41, 5.74) is 0.746. The van der Waals surface area contributed by atoms with Crippen molar-refractivity contribution in [3.05, 3.63) is 47.8 Å². The van der Waals surface area contributed by atoms with E-state index in [0.717, 1.165) is 17.0 Å². The Hall–Kier alpha value is -3.30. The summed E-state index contributed by atoms with van der Waals surface area (Å²) >= 11 is 0. The fraction of sp³-hybridized carbons (Fsp3) is 0.235. The van der Waals surface area contributed by atoms with E-state index in [9.17, 15) is 27.6 Å². The van der Waals surface area contributed by atoms with Crippen molar-refractivity contribution in [3.63, 3.8) is 0 Å². The number of ketones is 1. The van der Waals surface area contributed by atoms with E-state index in [1.807, 2.05) is 0 Å². The molecular formula is C17H16F3N3O4. The van der Waals surface area contributed by atoms with E-state index in [0.29, 0.717) is 5.56 Å². The molecule has 0 aliphatic rings. The van der Waals surface area contributed by atoms with Crippen molar-refractivity contribution in [2.45, 2.75) is 13.3 Å². The van der Waals surface area contributed by atoms with Gasteiger partial charge in [-0.2, -0.15) is 0 Å². The fourth-order valence-electron chi connectivity index (χ4n) is 2.15. The van der Waals surface area contributed by atoms with Crippen LogP contribution in [0, 0.1) is 0 Å². The maximum Gasteiger partial charge on any atom is 0.573 e. The summed E-state index contributed by atoms with van der Waals surface area (Å²) in [6, 6.07) is 5.98. The highest BCUT2D eigenvalue weighted by Gasteiger charge is 2.31. The van der Waals surface area contributed by atoms with Gasteiger partial charge in [0.1, 0.15) is 11.4 Å². The smallest absolute Gasteiger partial charge is 0.406 e. The Balaban J connectivity index is 1.92. The SMILES string of the molecule is CC(=O)c1c[nH]c(C(=O)N(C)CC(=O)Nc2ccc(OC(F)(F)F)cc2)c1. The number of aromatic nitrogens is 1. The van der Waals surface area contributed by atoms with Crippen LogP contribution in [-0.4, -0.2) is 47.4 Å². The molecule has 144 valence electrons. The molecule has 1 heterocycles. The van der Waals surface area contributed by atoms with Gasteiger partial charge in [-0.15, -0.1) is 13.2 Å². The maximum atomic E-state index is 12.2. The summed E-state index contributed by atoms with van der Waals surface area (Å²) < 4.78 is 40.1. The molecule has 0 aliphatic heterocycles. The molecule has 10 heteroatoms. The van der Waals surface area contributed by atoms with E-state index < -0.39 is 23.9 Å². The van der Waals surface area contributed by atoms with Crippen molar-refractivity contribution in [2.75, 3.05) is 18.9 Å². The molecule has 0 atom stereocenters. The first kappa shape index (κ1) is 20.0. The van der Waals surface area contributed by atoms with E-state index in [4.69, 9.17) is 0 Å². The van der Waals surface area contributed by atoms with Crippen LogP contribution in [0.5, 0.6) is 5.75 Å². The maximum absolute atomic E-state index is 12.2. The topological polar surface area (TPSA) is 91.5 Å². The van der Waals surface area contributed by atoms with E-state index in [1.165, 1.54) is 38.4 Å². The lowest BCUT2D eigenvalue weighted by atomic mass is 10.2. The van der Waals surface area contributed by atoms with Crippen LogP contribution in [-0.2, 0) is 4.79 Å². The highest BCUT2D eigenvalue weighted by atomic mass is 19.4. The van der Waals surface area contributed by atoms with Gasteiger partial charge in [0, 0.05) is 24.5 Å². The fourth-order valence-corrected chi connectivity index (χ4v) is 2.15. The van der Waals surface area contributed by atoms with Gasteiger partial charge in [0.2, 0.25) is 5.91 Å². The van der Waals surface area contributed by atoms with E-state index >= 15 is 0 Å². The molecule has 0 bridgehead atoms. The molecule has 1 aromatic heterocycles. The Bertz CT molecular complexity index is 844. The van der Waals surface area contributed by atoms with Crippen molar-refractivity contribution in [1.82, 2.24) is 9.88 Å². The van der Waals surface area contributed by atoms with Crippen LogP contribution < -0.4 is 10.1 Å². The van der Waals surface area contributed by atoms with Crippen molar-refractivity contribution >= 4 is 23.3 Å². The zero-order valence-electron chi connectivity index (χ0n) is 14.4. The first-order chi connectivity index (χ1) is 12.5. The number of nitrogens with zero attached hydrogens (tertiary/aromatic N) is 1. The molecule has 2 aromatic rings. The molecule has 0 fully saturated rings. The van der Waals surface area contributed by atoms with Crippen LogP contribution in [0.2, 0.25) is 0 Å². The van der Waals surface area contributed by atoms with Crippen molar-refractivity contribution in [2.24, 2.45) is 0 Å². The van der Waals surface area contributed by atoms with Gasteiger partial charge < -0.3 is 19.9 Å². The third kappa shape index (κ3) is 5.87. The predicted octanol–water partition coefficient (Wildman–Crippen LogP) is 2.83. The molecule has 0 spiro atoms. The Kier molecular flexibility index (Phi) is 5.88. The molecule has 2 N–H and O–H groups in total. The molecule has 27 heavy (non-hydrogen) atoms. The number of halogens is 3. The monoisotopic (exact) mass is 383 g/mol. The van der Waals surface area contributed by atoms with Gasteiger partial charge in [-0.05, 0) is 37.3 Å². The lowest BCUT2D eigenvalue weighted by molar-refractivity contribution is -0.274. The van der Waals surface area contributed by atoms with Gasteiger partial charge in [0.05, 0.1) is 6.54 Å². The number of Topliss-reactive ketones (excluding diaryl/α,β-unsaturated/α-hetero) is 1. The second-order valence-corrected chi connectivity index (χ2v) is 5.64. The molecule has 0 aliphatic carbocycles. The number of hydrogen-bond acceptors (Lipinski definition) is 4. The quantitative estimate of drug-likeness (QED) is 0.751. The number of anilines is 1. The summed E-state index contributed by atoms with van der Waals surface area (Å²) in [5.74, 6) is -1.66. The van der Waals surface area contributed by atoms with E-state index in [1.54, 1.807) is 0 Å². The van der Waals surface area contributed by atoms with Gasteiger partial charge in [-0.3, -0.25) is 14.4 Å². The molecule has 0 saturated heterocycles. The second kappa shape index (κ2) is 7.94. The number of aromatic amines is 1. The molecule has 0 saturated carbocycles. The van der Waals surface area contributed by atoms with Gasteiger partial charge >= 0.3 is 6.36 Å². The van der Waals surface area contributed by atoms with Crippen molar-refractivity contribution in [1.29, 1.82) is 0 Å². The number of ether oxygens (including phenoxy) is 1. The number of rotatable bonds is 6. The van der Waals surface area contributed by atoms with Gasteiger partial charge in [-0.25, -0.2) is 0 Å². The zero-order valence-corrected chi connectivity index (χ0v) is 14.4. The number of H-pyrrole nitrogens is 1. The molecular weight excluding hydrogens is 367 g/mol. The molecule has 2 amide bonds. The molecule has 0 radical (unpaired) electrons. The summed E-state index contributed by atoms with van der Waals surface area (Å²) in [5, 5.41) is 2.46. The number of hydrogen-bond donors (Lipinski definition) is 2. The Morgan fingerprint density at radius 1 is 1.19 bits per heavy atom. The standard InChI is InChI=1S/C17H16F3N3O4/c1-10(24)11-7-14(21-8-11)16(26)23(2)9-15(25)22-12-3-5-13(6-4-12)27-17(18,19)20/h3-8,21H,9H2,1-2H3,(H,22,25). The van der Waals surface area contributed by atoms with E-state index in [-0.39, 0.29) is 23.7 Å². The van der Waals surface area contributed by atoms with E-state index in [2.05, 4.69) is 15.0 Å². The highest BCUT2D eigenvalue weighted by molar-refractivity contribution is 6.01. The number of carbonyl (C=O) groups is 3. The summed E-state index contributed by atoms with van der Waals surface area (Å²) in [7, 11) is 1.40. The summed E-state index contributed by atoms with van der Waals surface area (Å²) in [6.07, 6.45) is -3.40. The van der Waals surface area contributed by atoms with Crippen LogP contribution in [0.25, 0.3) is 0 Å².